The van der Waals surface area contributed by atoms with Gasteiger partial charge in [0.1, 0.15) is 17.4 Å². The smallest absolute Gasteiger partial charge is 0.322 e. The number of nitrogens with zero attached hydrogens (tertiary/aromatic N) is 2. The number of nitrogen functional groups attached to an aromatic ring is 1. The average molecular weight is 381 g/mol. The average Bonchev–Trinajstić information content (AvgIpc) is 3.31. The number of nitrogens with two attached hydrogens (primary N) is 1. The van der Waals surface area contributed by atoms with Gasteiger partial charge in [-0.1, -0.05) is 12.1 Å². The summed E-state index contributed by atoms with van der Waals surface area (Å²) < 4.78 is 19.9. The van der Waals surface area contributed by atoms with Gasteiger partial charge in [-0.25, -0.2) is 9.18 Å². The van der Waals surface area contributed by atoms with Crippen molar-refractivity contribution < 1.29 is 13.9 Å². The Morgan fingerprint density at radius 1 is 1.36 bits per heavy atom. The molecule has 0 radical (unpaired) electrons. The summed E-state index contributed by atoms with van der Waals surface area (Å²) in [6, 6.07) is 10.3. The molecule has 0 aliphatic carbocycles. The van der Waals surface area contributed by atoms with E-state index in [1.54, 1.807) is 18.1 Å². The number of aromatic nitrogens is 2. The Hall–Kier alpha value is -3.55. The molecule has 3 aromatic rings. The number of carbonyl (C=O) groups excluding carboxylic acids is 1. The maximum absolute atomic E-state index is 14.7. The van der Waals surface area contributed by atoms with Gasteiger partial charge in [0.05, 0.1) is 19.0 Å². The summed E-state index contributed by atoms with van der Waals surface area (Å²) in [4.78, 5) is 14.2. The first-order valence-corrected chi connectivity index (χ1v) is 8.86. The first-order valence-electron chi connectivity index (χ1n) is 8.86. The summed E-state index contributed by atoms with van der Waals surface area (Å²) in [6.45, 7) is 0.844. The van der Waals surface area contributed by atoms with Crippen LogP contribution in [0.5, 0.6) is 5.75 Å². The van der Waals surface area contributed by atoms with Crippen molar-refractivity contribution in [1.29, 1.82) is 0 Å². The van der Waals surface area contributed by atoms with Crippen LogP contribution in [0.4, 0.5) is 20.7 Å². The topological polar surface area (TPSA) is 96.3 Å². The molecule has 1 aliphatic heterocycles. The maximum atomic E-state index is 14.7. The number of benzene rings is 2. The molecule has 0 atom stereocenters. The standard InChI is InChI=1S/C20H20FN5O2/c1-28-14-4-2-3-12(7-14)10-23-20(27)26-6-5-13-8-15(17(21)9-18(13)26)16-11-24-25-19(16)22/h2-4,7-9,11H,5-6,10H2,1H3,(H,23,27)(H3,22,24,25). The highest BCUT2D eigenvalue weighted by Gasteiger charge is 2.27. The monoisotopic (exact) mass is 381 g/mol. The molecule has 8 heteroatoms. The Morgan fingerprint density at radius 3 is 2.96 bits per heavy atom. The molecule has 0 fully saturated rings. The second kappa shape index (κ2) is 7.22. The molecule has 0 bridgehead atoms. The first-order chi connectivity index (χ1) is 13.6. The molecule has 4 N–H and O–H groups in total. The van der Waals surface area contributed by atoms with E-state index >= 15 is 0 Å². The van der Waals surface area contributed by atoms with E-state index in [1.165, 1.54) is 12.3 Å². The molecule has 2 aromatic carbocycles. The van der Waals surface area contributed by atoms with Crippen molar-refractivity contribution in [1.82, 2.24) is 15.5 Å². The minimum Gasteiger partial charge on any atom is -0.497 e. The number of urea groups is 1. The molecule has 4 rings (SSSR count). The molecule has 0 saturated heterocycles. The van der Waals surface area contributed by atoms with Gasteiger partial charge in [0, 0.05) is 24.2 Å². The summed E-state index contributed by atoms with van der Waals surface area (Å²) in [5.74, 6) is 0.593. The highest BCUT2D eigenvalue weighted by Crippen LogP contribution is 2.36. The van der Waals surface area contributed by atoms with Gasteiger partial charge in [-0.3, -0.25) is 10.00 Å². The maximum Gasteiger partial charge on any atom is 0.322 e. The van der Waals surface area contributed by atoms with E-state index < -0.39 is 5.82 Å². The van der Waals surface area contributed by atoms with Crippen LogP contribution in [-0.4, -0.2) is 29.9 Å². The SMILES string of the molecule is COc1cccc(CNC(=O)N2CCc3cc(-c4cn[nH]c4N)c(F)cc32)c1. The van der Waals surface area contributed by atoms with Crippen LogP contribution in [0.3, 0.4) is 0 Å². The van der Waals surface area contributed by atoms with Crippen LogP contribution in [0.15, 0.2) is 42.6 Å². The van der Waals surface area contributed by atoms with Crippen LogP contribution in [0, 0.1) is 5.82 Å². The number of carbonyl (C=O) groups is 1. The lowest BCUT2D eigenvalue weighted by atomic mass is 10.0. The van der Waals surface area contributed by atoms with E-state index in [2.05, 4.69) is 15.5 Å². The second-order valence-electron chi connectivity index (χ2n) is 6.57. The normalized spacial score (nSPS) is 12.7. The van der Waals surface area contributed by atoms with Crippen molar-refractivity contribution >= 4 is 17.5 Å². The van der Waals surface area contributed by atoms with Gasteiger partial charge in [0.2, 0.25) is 0 Å². The van der Waals surface area contributed by atoms with Gasteiger partial charge in [-0.15, -0.1) is 0 Å². The molecular formula is C20H20FN5O2. The summed E-state index contributed by atoms with van der Waals surface area (Å²) in [6.07, 6.45) is 2.14. The minimum atomic E-state index is -0.445. The third-order valence-electron chi connectivity index (χ3n) is 4.85. The fourth-order valence-corrected chi connectivity index (χ4v) is 3.40. The number of hydrogen-bond acceptors (Lipinski definition) is 4. The quantitative estimate of drug-likeness (QED) is 0.647. The molecule has 7 nitrogen and oxygen atoms in total. The number of halogens is 1. The van der Waals surface area contributed by atoms with E-state index in [0.29, 0.717) is 42.1 Å². The molecule has 28 heavy (non-hydrogen) atoms. The number of nitrogens with one attached hydrogen (secondary N) is 2. The van der Waals surface area contributed by atoms with E-state index in [-0.39, 0.29) is 6.03 Å². The fraction of sp³-hybridized carbons (Fsp3) is 0.200. The largest absolute Gasteiger partial charge is 0.497 e. The van der Waals surface area contributed by atoms with E-state index in [4.69, 9.17) is 10.5 Å². The van der Waals surface area contributed by atoms with Gasteiger partial charge >= 0.3 is 6.03 Å². The molecule has 0 spiro atoms. The zero-order valence-corrected chi connectivity index (χ0v) is 15.3. The number of fused-ring (bicyclic) bond motifs is 1. The molecule has 1 aliphatic rings. The predicted molar refractivity (Wildman–Crippen MR) is 105 cm³/mol. The molecule has 0 unspecified atom stereocenters. The third kappa shape index (κ3) is 3.24. The molecule has 2 amide bonds. The Bertz CT molecular complexity index is 1030. The summed E-state index contributed by atoms with van der Waals surface area (Å²) in [5.41, 5.74) is 9.10. The van der Waals surface area contributed by atoms with Crippen LogP contribution >= 0.6 is 0 Å². The number of H-pyrrole nitrogens is 1. The number of aromatic amines is 1. The van der Waals surface area contributed by atoms with Gasteiger partial charge in [-0.2, -0.15) is 5.10 Å². The number of ether oxygens (including phenoxy) is 1. The minimum absolute atomic E-state index is 0.267. The van der Waals surface area contributed by atoms with E-state index in [9.17, 15) is 9.18 Å². The zero-order valence-electron chi connectivity index (χ0n) is 15.3. The van der Waals surface area contributed by atoms with E-state index in [0.717, 1.165) is 16.9 Å². The molecule has 2 heterocycles. The second-order valence-corrected chi connectivity index (χ2v) is 6.57. The van der Waals surface area contributed by atoms with Gasteiger partial charge in [0.25, 0.3) is 0 Å². The number of hydrogen-bond donors (Lipinski definition) is 3. The van der Waals surface area contributed by atoms with Crippen molar-refractivity contribution in [2.75, 3.05) is 24.3 Å². The highest BCUT2D eigenvalue weighted by molar-refractivity contribution is 5.95. The Morgan fingerprint density at radius 2 is 2.21 bits per heavy atom. The van der Waals surface area contributed by atoms with Crippen LogP contribution < -0.4 is 20.7 Å². The Labute approximate surface area is 161 Å². The van der Waals surface area contributed by atoms with Crippen LogP contribution in [0.25, 0.3) is 11.1 Å². The van der Waals surface area contributed by atoms with Crippen molar-refractivity contribution in [3.8, 4) is 16.9 Å². The molecular weight excluding hydrogens is 361 g/mol. The lowest BCUT2D eigenvalue weighted by molar-refractivity contribution is 0.246. The van der Waals surface area contributed by atoms with Crippen LogP contribution in [0.1, 0.15) is 11.1 Å². The van der Waals surface area contributed by atoms with Gasteiger partial charge < -0.3 is 15.8 Å². The summed E-state index contributed by atoms with van der Waals surface area (Å²) in [7, 11) is 1.60. The summed E-state index contributed by atoms with van der Waals surface area (Å²) in [5, 5.41) is 9.33. The van der Waals surface area contributed by atoms with Crippen molar-refractivity contribution in [3.63, 3.8) is 0 Å². The third-order valence-corrected chi connectivity index (χ3v) is 4.85. The Kier molecular flexibility index (Phi) is 4.60. The van der Waals surface area contributed by atoms with E-state index in [1.807, 2.05) is 24.3 Å². The first kappa shape index (κ1) is 17.8. The molecule has 144 valence electrons. The van der Waals surface area contributed by atoms with Gasteiger partial charge in [-0.05, 0) is 41.8 Å². The number of amides is 2. The Balaban J connectivity index is 1.52. The van der Waals surface area contributed by atoms with Gasteiger partial charge in [0.15, 0.2) is 0 Å². The fourth-order valence-electron chi connectivity index (χ4n) is 3.40. The lowest BCUT2D eigenvalue weighted by Gasteiger charge is -2.19. The highest BCUT2D eigenvalue weighted by atomic mass is 19.1. The van der Waals surface area contributed by atoms with Crippen molar-refractivity contribution in [2.24, 2.45) is 0 Å². The summed E-state index contributed by atoms with van der Waals surface area (Å²) >= 11 is 0. The van der Waals surface area contributed by atoms with Crippen molar-refractivity contribution in [2.45, 2.75) is 13.0 Å². The number of anilines is 2. The lowest BCUT2D eigenvalue weighted by Crippen LogP contribution is -2.38. The number of methoxy groups -OCH3 is 1. The van der Waals surface area contributed by atoms with Crippen LogP contribution in [-0.2, 0) is 13.0 Å². The predicted octanol–water partition coefficient (Wildman–Crippen LogP) is 3.08. The zero-order chi connectivity index (χ0) is 19.7. The van der Waals surface area contributed by atoms with Crippen LogP contribution in [0.2, 0.25) is 0 Å². The number of rotatable bonds is 4. The molecule has 1 aromatic heterocycles. The van der Waals surface area contributed by atoms with Crippen molar-refractivity contribution in [3.05, 3.63) is 59.5 Å². The molecule has 0 saturated carbocycles.